The molecule has 108 valence electrons. The zero-order valence-corrected chi connectivity index (χ0v) is 12.9. The summed E-state index contributed by atoms with van der Waals surface area (Å²) in [4.78, 5) is 0. The molecule has 1 N–H and O–H groups in total. The second kappa shape index (κ2) is 8.98. The van der Waals surface area contributed by atoms with E-state index >= 15 is 0 Å². The van der Waals surface area contributed by atoms with Crippen molar-refractivity contribution in [1.82, 2.24) is 5.32 Å². The Bertz CT molecular complexity index is 332. The van der Waals surface area contributed by atoms with E-state index in [1.165, 1.54) is 24.8 Å². The molecule has 1 atom stereocenters. The highest BCUT2D eigenvalue weighted by Gasteiger charge is 2.09. The number of ether oxygens (including phenoxy) is 1. The third kappa shape index (κ3) is 6.63. The lowest BCUT2D eigenvalue weighted by molar-refractivity contribution is 0.411. The number of hydrogen-bond donors (Lipinski definition) is 1. The maximum atomic E-state index is 5.20. The number of methoxy groups -OCH3 is 1. The van der Waals surface area contributed by atoms with Crippen molar-refractivity contribution in [2.24, 2.45) is 11.8 Å². The monoisotopic (exact) mass is 263 g/mol. The zero-order valence-electron chi connectivity index (χ0n) is 12.9. The third-order valence-electron chi connectivity index (χ3n) is 3.57. The molecule has 0 aliphatic rings. The number of benzene rings is 1. The summed E-state index contributed by atoms with van der Waals surface area (Å²) in [5.41, 5.74) is 1.41. The second-order valence-corrected chi connectivity index (χ2v) is 5.80. The molecule has 2 nitrogen and oxygen atoms in total. The van der Waals surface area contributed by atoms with Crippen LogP contribution in [0.1, 0.15) is 38.7 Å². The minimum absolute atomic E-state index is 0.733. The average molecular weight is 263 g/mol. The SMILES string of the molecule is CNCC(CCCC(C)C)Cc1ccc(OC)cc1. The van der Waals surface area contributed by atoms with Crippen molar-refractivity contribution in [3.8, 4) is 5.75 Å². The van der Waals surface area contributed by atoms with Gasteiger partial charge in [-0.1, -0.05) is 38.8 Å². The van der Waals surface area contributed by atoms with E-state index in [4.69, 9.17) is 4.74 Å². The summed E-state index contributed by atoms with van der Waals surface area (Å²) in [5, 5.41) is 3.32. The molecule has 1 unspecified atom stereocenters. The number of rotatable bonds is 9. The standard InChI is InChI=1S/C17H29NO/c1-14(2)6-5-7-16(13-18-3)12-15-8-10-17(19-4)11-9-15/h8-11,14,16,18H,5-7,12-13H2,1-4H3. The summed E-state index contributed by atoms with van der Waals surface area (Å²) in [6, 6.07) is 8.48. The van der Waals surface area contributed by atoms with Crippen LogP contribution in [-0.4, -0.2) is 20.7 Å². The van der Waals surface area contributed by atoms with Gasteiger partial charge in [-0.2, -0.15) is 0 Å². The van der Waals surface area contributed by atoms with Crippen LogP contribution in [-0.2, 0) is 6.42 Å². The van der Waals surface area contributed by atoms with Crippen LogP contribution in [0.4, 0.5) is 0 Å². The van der Waals surface area contributed by atoms with Crippen LogP contribution in [0.2, 0.25) is 0 Å². The van der Waals surface area contributed by atoms with Gasteiger partial charge < -0.3 is 10.1 Å². The Morgan fingerprint density at radius 1 is 1.11 bits per heavy atom. The summed E-state index contributed by atoms with van der Waals surface area (Å²) in [6.07, 6.45) is 5.14. The Balaban J connectivity index is 2.46. The van der Waals surface area contributed by atoms with Gasteiger partial charge in [-0.05, 0) is 56.0 Å². The molecule has 1 rings (SSSR count). The molecule has 0 heterocycles. The maximum absolute atomic E-state index is 5.20. The molecule has 0 spiro atoms. The predicted molar refractivity (Wildman–Crippen MR) is 82.8 cm³/mol. The molecule has 0 saturated carbocycles. The molecule has 1 aromatic carbocycles. The highest BCUT2D eigenvalue weighted by atomic mass is 16.5. The van der Waals surface area contributed by atoms with Crippen LogP contribution in [0.25, 0.3) is 0 Å². The Hall–Kier alpha value is -1.02. The van der Waals surface area contributed by atoms with Gasteiger partial charge >= 0.3 is 0 Å². The predicted octanol–water partition coefficient (Wildman–Crippen LogP) is 3.90. The molecule has 1 aromatic rings. The zero-order chi connectivity index (χ0) is 14.1. The van der Waals surface area contributed by atoms with Crippen molar-refractivity contribution < 1.29 is 4.74 Å². The van der Waals surface area contributed by atoms with E-state index in [1.807, 2.05) is 7.05 Å². The van der Waals surface area contributed by atoms with Gasteiger partial charge in [0.15, 0.2) is 0 Å². The second-order valence-electron chi connectivity index (χ2n) is 5.80. The smallest absolute Gasteiger partial charge is 0.118 e. The van der Waals surface area contributed by atoms with Crippen molar-refractivity contribution in [3.63, 3.8) is 0 Å². The molecule has 0 aliphatic heterocycles. The van der Waals surface area contributed by atoms with E-state index in [-0.39, 0.29) is 0 Å². The largest absolute Gasteiger partial charge is 0.497 e. The first kappa shape index (κ1) is 16.0. The van der Waals surface area contributed by atoms with Gasteiger partial charge in [0, 0.05) is 0 Å². The Kier molecular flexibility index (Phi) is 7.57. The molecule has 0 aromatic heterocycles. The van der Waals surface area contributed by atoms with Crippen LogP contribution in [0.3, 0.4) is 0 Å². The van der Waals surface area contributed by atoms with Crippen LogP contribution >= 0.6 is 0 Å². The van der Waals surface area contributed by atoms with Crippen molar-refractivity contribution in [3.05, 3.63) is 29.8 Å². The lowest BCUT2D eigenvalue weighted by Gasteiger charge is -2.17. The van der Waals surface area contributed by atoms with Crippen molar-refractivity contribution >= 4 is 0 Å². The van der Waals surface area contributed by atoms with Crippen LogP contribution in [0.5, 0.6) is 5.75 Å². The summed E-state index contributed by atoms with van der Waals surface area (Å²) >= 11 is 0. The van der Waals surface area contributed by atoms with Crippen molar-refractivity contribution in [2.45, 2.75) is 39.5 Å². The fourth-order valence-corrected chi connectivity index (χ4v) is 2.47. The third-order valence-corrected chi connectivity index (χ3v) is 3.57. The van der Waals surface area contributed by atoms with Gasteiger partial charge in [0.25, 0.3) is 0 Å². The summed E-state index contributed by atoms with van der Waals surface area (Å²) < 4.78 is 5.20. The summed E-state index contributed by atoms with van der Waals surface area (Å²) in [5.74, 6) is 2.49. The van der Waals surface area contributed by atoms with E-state index < -0.39 is 0 Å². The molecule has 0 fully saturated rings. The Morgan fingerprint density at radius 2 is 1.79 bits per heavy atom. The molecule has 0 aliphatic carbocycles. The number of nitrogens with one attached hydrogen (secondary N) is 1. The van der Waals surface area contributed by atoms with Gasteiger partial charge in [0.2, 0.25) is 0 Å². The fourth-order valence-electron chi connectivity index (χ4n) is 2.47. The lowest BCUT2D eigenvalue weighted by Crippen LogP contribution is -2.21. The number of hydrogen-bond acceptors (Lipinski definition) is 2. The maximum Gasteiger partial charge on any atom is 0.118 e. The van der Waals surface area contributed by atoms with E-state index in [9.17, 15) is 0 Å². The van der Waals surface area contributed by atoms with E-state index in [0.29, 0.717) is 0 Å². The summed E-state index contributed by atoms with van der Waals surface area (Å²) in [6.45, 7) is 5.71. The molecule has 2 heteroatoms. The molecule has 0 amide bonds. The molecular weight excluding hydrogens is 234 g/mol. The van der Waals surface area contributed by atoms with Crippen molar-refractivity contribution in [2.75, 3.05) is 20.7 Å². The fraction of sp³-hybridized carbons (Fsp3) is 0.647. The first-order valence-electron chi connectivity index (χ1n) is 7.43. The van der Waals surface area contributed by atoms with E-state index in [0.717, 1.165) is 30.6 Å². The Morgan fingerprint density at radius 3 is 2.32 bits per heavy atom. The first-order chi connectivity index (χ1) is 9.15. The molecule has 19 heavy (non-hydrogen) atoms. The van der Waals surface area contributed by atoms with Gasteiger partial charge in [-0.3, -0.25) is 0 Å². The quantitative estimate of drug-likeness (QED) is 0.729. The molecule has 0 radical (unpaired) electrons. The molecular formula is C17H29NO. The summed E-state index contributed by atoms with van der Waals surface area (Å²) in [7, 11) is 3.76. The highest BCUT2D eigenvalue weighted by molar-refractivity contribution is 5.27. The minimum Gasteiger partial charge on any atom is -0.497 e. The average Bonchev–Trinajstić information content (AvgIpc) is 2.39. The van der Waals surface area contributed by atoms with Crippen molar-refractivity contribution in [1.29, 1.82) is 0 Å². The topological polar surface area (TPSA) is 21.3 Å². The molecule has 0 bridgehead atoms. The highest BCUT2D eigenvalue weighted by Crippen LogP contribution is 2.19. The van der Waals surface area contributed by atoms with Gasteiger partial charge in [0.05, 0.1) is 7.11 Å². The first-order valence-corrected chi connectivity index (χ1v) is 7.43. The van der Waals surface area contributed by atoms with Gasteiger partial charge in [0.1, 0.15) is 5.75 Å². The Labute approximate surface area is 118 Å². The minimum atomic E-state index is 0.733. The lowest BCUT2D eigenvalue weighted by atomic mass is 9.92. The van der Waals surface area contributed by atoms with Crippen LogP contribution in [0.15, 0.2) is 24.3 Å². The van der Waals surface area contributed by atoms with Crippen LogP contribution < -0.4 is 10.1 Å². The normalized spacial score (nSPS) is 12.7. The van der Waals surface area contributed by atoms with Crippen LogP contribution in [0, 0.1) is 11.8 Å². The van der Waals surface area contributed by atoms with E-state index in [1.54, 1.807) is 7.11 Å². The molecule has 0 saturated heterocycles. The van der Waals surface area contributed by atoms with E-state index in [2.05, 4.69) is 43.4 Å². The van der Waals surface area contributed by atoms with Gasteiger partial charge in [-0.15, -0.1) is 0 Å². The van der Waals surface area contributed by atoms with Gasteiger partial charge in [-0.25, -0.2) is 0 Å².